The zero-order valence-electron chi connectivity index (χ0n) is 21.7. The maximum atomic E-state index is 12.9. The van der Waals surface area contributed by atoms with E-state index < -0.39 is 0 Å². The third kappa shape index (κ3) is 5.98. The summed E-state index contributed by atoms with van der Waals surface area (Å²) in [4.78, 5) is 35.2. The quantitative estimate of drug-likeness (QED) is 0.538. The molecule has 8 bridgehead atoms. The predicted octanol–water partition coefficient (Wildman–Crippen LogP) is 2.32. The number of carbonyl (C=O) groups excluding carboxylic acids is 1. The number of piperazine rings is 1. The molecule has 1 amide bonds. The Kier molecular flexibility index (Phi) is 7.47. The van der Waals surface area contributed by atoms with Crippen molar-refractivity contribution in [1.82, 2.24) is 29.7 Å². The van der Waals surface area contributed by atoms with Crippen LogP contribution in [0, 0.1) is 0 Å². The van der Waals surface area contributed by atoms with Crippen LogP contribution in [0.4, 0.5) is 17.5 Å². The Labute approximate surface area is 217 Å². The largest absolute Gasteiger partial charge is 0.496 e. The van der Waals surface area contributed by atoms with Crippen molar-refractivity contribution in [1.29, 1.82) is 0 Å². The smallest absolute Gasteiger partial charge is 0.236 e. The van der Waals surface area contributed by atoms with Crippen molar-refractivity contribution in [3.63, 3.8) is 0 Å². The van der Waals surface area contributed by atoms with Crippen molar-refractivity contribution >= 4 is 23.4 Å². The first kappa shape index (κ1) is 24.9. The van der Waals surface area contributed by atoms with Gasteiger partial charge in [0, 0.05) is 89.1 Å². The van der Waals surface area contributed by atoms with E-state index in [4.69, 9.17) is 9.72 Å². The van der Waals surface area contributed by atoms with Crippen LogP contribution < -0.4 is 15.0 Å². The Bertz CT molecular complexity index is 1230. The summed E-state index contributed by atoms with van der Waals surface area (Å²) < 4.78 is 5.65. The van der Waals surface area contributed by atoms with E-state index in [1.54, 1.807) is 13.3 Å². The first-order valence-electron chi connectivity index (χ1n) is 12.6. The van der Waals surface area contributed by atoms with E-state index in [9.17, 15) is 4.79 Å². The zero-order valence-corrected chi connectivity index (χ0v) is 21.7. The lowest BCUT2D eigenvalue weighted by atomic mass is 10.1. The molecule has 37 heavy (non-hydrogen) atoms. The number of anilines is 3. The van der Waals surface area contributed by atoms with Crippen LogP contribution >= 0.6 is 0 Å². The number of amides is 1. The van der Waals surface area contributed by atoms with Crippen LogP contribution in [0.5, 0.6) is 5.75 Å². The number of nitrogens with one attached hydrogen (secondary N) is 1. The minimum atomic E-state index is 0.146. The van der Waals surface area contributed by atoms with Gasteiger partial charge in [0.1, 0.15) is 11.6 Å². The van der Waals surface area contributed by atoms with Crippen molar-refractivity contribution in [3.8, 4) is 17.0 Å². The van der Waals surface area contributed by atoms with Crippen molar-refractivity contribution in [2.75, 3.05) is 77.2 Å². The molecule has 0 spiro atoms. The summed E-state index contributed by atoms with van der Waals surface area (Å²) in [5.41, 5.74) is 3.69. The lowest BCUT2D eigenvalue weighted by Crippen LogP contribution is -2.49. The molecule has 3 aromatic rings. The van der Waals surface area contributed by atoms with Gasteiger partial charge in [-0.15, -0.1) is 0 Å². The maximum absolute atomic E-state index is 12.9. The van der Waals surface area contributed by atoms with Gasteiger partial charge in [-0.05, 0) is 36.4 Å². The number of carbonyl (C=O) groups is 1. The van der Waals surface area contributed by atoms with Crippen LogP contribution in [-0.2, 0) is 11.3 Å². The number of rotatable bonds is 1. The van der Waals surface area contributed by atoms with Gasteiger partial charge >= 0.3 is 0 Å². The molecule has 0 radical (unpaired) electrons. The Morgan fingerprint density at radius 2 is 1.62 bits per heavy atom. The fourth-order valence-electron chi connectivity index (χ4n) is 4.65. The molecule has 0 aliphatic carbocycles. The summed E-state index contributed by atoms with van der Waals surface area (Å²) in [5, 5.41) is 3.35. The minimum Gasteiger partial charge on any atom is -0.496 e. The van der Waals surface area contributed by atoms with E-state index in [0.717, 1.165) is 66.8 Å². The molecule has 0 unspecified atom stereocenters. The second-order valence-corrected chi connectivity index (χ2v) is 9.61. The highest BCUT2D eigenvalue weighted by Crippen LogP contribution is 2.27. The molecule has 10 nitrogen and oxygen atoms in total. The number of pyridine rings is 1. The number of aromatic nitrogens is 3. The number of benzene rings is 1. The first-order valence-corrected chi connectivity index (χ1v) is 12.6. The molecule has 10 heteroatoms. The van der Waals surface area contributed by atoms with E-state index in [1.165, 1.54) is 0 Å². The third-order valence-electron chi connectivity index (χ3n) is 7.04. The normalized spacial score (nSPS) is 20.7. The van der Waals surface area contributed by atoms with Gasteiger partial charge in [0.05, 0.1) is 19.3 Å². The molecule has 1 saturated heterocycles. The lowest BCUT2D eigenvalue weighted by Gasteiger charge is -2.35. The van der Waals surface area contributed by atoms with Crippen molar-refractivity contribution in [3.05, 3.63) is 54.4 Å². The van der Waals surface area contributed by atoms with Crippen molar-refractivity contribution in [2.24, 2.45) is 0 Å². The number of methoxy groups -OCH3 is 1. The molecule has 1 fully saturated rings. The molecule has 0 saturated carbocycles. The average Bonchev–Trinajstić information content (AvgIpc) is 2.92. The van der Waals surface area contributed by atoms with Gasteiger partial charge in [0.25, 0.3) is 0 Å². The zero-order chi connectivity index (χ0) is 25.8. The number of hydrogen-bond donors (Lipinski definition) is 1. The summed E-state index contributed by atoms with van der Waals surface area (Å²) in [7, 11) is 5.57. The Morgan fingerprint density at radius 3 is 2.35 bits per heavy atom. The summed E-state index contributed by atoms with van der Waals surface area (Å²) in [6, 6.07) is 11.9. The van der Waals surface area contributed by atoms with Gasteiger partial charge < -0.3 is 19.9 Å². The molecule has 5 aliphatic heterocycles. The van der Waals surface area contributed by atoms with Crippen LogP contribution in [0.25, 0.3) is 11.3 Å². The topological polar surface area (TPSA) is 90.0 Å². The highest BCUT2D eigenvalue weighted by molar-refractivity contribution is 5.78. The predicted molar refractivity (Wildman–Crippen MR) is 144 cm³/mol. The first-order chi connectivity index (χ1) is 18.0. The molecule has 8 rings (SSSR count). The second-order valence-electron chi connectivity index (χ2n) is 9.61. The van der Waals surface area contributed by atoms with Gasteiger partial charge in [-0.3, -0.25) is 14.6 Å². The van der Waals surface area contributed by atoms with Gasteiger partial charge in [0.2, 0.25) is 11.9 Å². The molecular formula is C27H34N8O2. The molecule has 0 atom stereocenters. The molecule has 1 aromatic carbocycles. The van der Waals surface area contributed by atoms with E-state index in [1.807, 2.05) is 55.5 Å². The molecular weight excluding hydrogens is 468 g/mol. The van der Waals surface area contributed by atoms with Gasteiger partial charge in [-0.2, -0.15) is 0 Å². The van der Waals surface area contributed by atoms with Crippen LogP contribution in [0.3, 0.4) is 0 Å². The number of hydrogen-bond acceptors (Lipinski definition) is 9. The summed E-state index contributed by atoms with van der Waals surface area (Å²) in [5.74, 6) is 2.37. The Morgan fingerprint density at radius 1 is 0.865 bits per heavy atom. The molecule has 1 N–H and O–H groups in total. The Balaban J connectivity index is 1.44. The van der Waals surface area contributed by atoms with Crippen LogP contribution in [-0.4, -0.2) is 103 Å². The van der Waals surface area contributed by atoms with Gasteiger partial charge in [-0.1, -0.05) is 0 Å². The summed E-state index contributed by atoms with van der Waals surface area (Å²) in [6.07, 6.45) is 3.57. The standard InChI is InChI=1S/C27H34N8O2/c1-32-10-11-33(2)26(36)19-35-14-12-34(13-15-35)18-21-16-22(5-6-24(21)37-3)30-27-28-9-8-23(31-27)20-4-7-25(32)29-17-20/h4-9,16-17H,10-15,18-19H2,1-3H3,(H,28,30,31). The van der Waals surface area contributed by atoms with Crippen LogP contribution in [0.15, 0.2) is 48.8 Å². The fourth-order valence-corrected chi connectivity index (χ4v) is 4.65. The lowest BCUT2D eigenvalue weighted by molar-refractivity contribution is -0.131. The van der Waals surface area contributed by atoms with E-state index in [-0.39, 0.29) is 5.91 Å². The summed E-state index contributed by atoms with van der Waals surface area (Å²) in [6.45, 7) is 6.06. The molecule has 194 valence electrons. The highest BCUT2D eigenvalue weighted by atomic mass is 16.5. The van der Waals surface area contributed by atoms with Crippen LogP contribution in [0.2, 0.25) is 0 Å². The van der Waals surface area contributed by atoms with E-state index in [2.05, 4.69) is 36.1 Å². The number of ether oxygens (including phenoxy) is 1. The molecule has 2 aromatic heterocycles. The monoisotopic (exact) mass is 502 g/mol. The number of likely N-dealkylation sites (N-methyl/N-ethyl adjacent to an activating group) is 2. The van der Waals surface area contributed by atoms with Gasteiger partial charge in [-0.25, -0.2) is 15.0 Å². The fraction of sp³-hybridized carbons (Fsp3) is 0.407. The minimum absolute atomic E-state index is 0.146. The summed E-state index contributed by atoms with van der Waals surface area (Å²) >= 11 is 0. The molecule has 5 aliphatic rings. The van der Waals surface area contributed by atoms with Crippen molar-refractivity contribution < 1.29 is 9.53 Å². The van der Waals surface area contributed by atoms with Gasteiger partial charge in [0.15, 0.2) is 0 Å². The third-order valence-corrected chi connectivity index (χ3v) is 7.04. The van der Waals surface area contributed by atoms with E-state index in [0.29, 0.717) is 25.6 Å². The SMILES string of the molecule is COc1ccc2cc1CN1CCN(CC1)CC(=O)N(C)CCN(C)c1ccc(cn1)-c1ccnc(n1)N2. The second kappa shape index (κ2) is 11.1. The van der Waals surface area contributed by atoms with E-state index >= 15 is 0 Å². The maximum Gasteiger partial charge on any atom is 0.236 e. The molecule has 7 heterocycles. The average molecular weight is 503 g/mol. The number of nitrogens with zero attached hydrogens (tertiary/aromatic N) is 7. The Hall–Kier alpha value is -3.76. The highest BCUT2D eigenvalue weighted by Gasteiger charge is 2.22. The van der Waals surface area contributed by atoms with Crippen LogP contribution in [0.1, 0.15) is 5.56 Å². The van der Waals surface area contributed by atoms with Crippen molar-refractivity contribution in [2.45, 2.75) is 6.54 Å².